The number of pyridine rings is 1. The highest BCUT2D eigenvalue weighted by atomic mass is 16.7. The monoisotopic (exact) mass is 775 g/mol. The first-order valence-corrected chi connectivity index (χ1v) is 18.2. The second kappa shape index (κ2) is 15.2. The second-order valence-electron chi connectivity index (χ2n) is 14.8. The van der Waals surface area contributed by atoms with Gasteiger partial charge in [0.05, 0.1) is 41.0 Å². The number of ketones is 1. The maximum atomic E-state index is 14.6. The Morgan fingerprint density at radius 2 is 1.73 bits per heavy atom. The van der Waals surface area contributed by atoms with Crippen LogP contribution in [0.5, 0.6) is 17.2 Å². The molecule has 14 heteroatoms. The molecule has 0 aliphatic carbocycles. The molecule has 1 amide bonds. The van der Waals surface area contributed by atoms with Gasteiger partial charge in [0.1, 0.15) is 40.0 Å². The minimum absolute atomic E-state index is 0.0134. The highest BCUT2D eigenvalue weighted by Crippen LogP contribution is 2.54. The molecule has 3 aliphatic rings. The van der Waals surface area contributed by atoms with E-state index in [-0.39, 0.29) is 55.6 Å². The molecule has 14 nitrogen and oxygen atoms in total. The van der Waals surface area contributed by atoms with E-state index < -0.39 is 107 Å². The molecule has 298 valence electrons. The Morgan fingerprint density at radius 1 is 1.02 bits per heavy atom. The number of Topliss-reactive ketones (excluding diaryl/α,β-unsaturated/α-hetero) is 1. The number of imidazole rings is 1. The lowest BCUT2D eigenvalue weighted by Crippen LogP contribution is -2.46. The molecule has 7 rings (SSSR count). The molecule has 0 radical (unpaired) electrons. The van der Waals surface area contributed by atoms with E-state index in [1.165, 1.54) is 59.3 Å². The number of benzene rings is 2. The van der Waals surface area contributed by atoms with Crippen LogP contribution in [-0.2, 0) is 23.8 Å². The highest BCUT2D eigenvalue weighted by Gasteiger charge is 2.49. The number of hydrogen-bond acceptors (Lipinski definition) is 12. The number of allylic oxidation sites excluding steroid dienone is 2. The van der Waals surface area contributed by atoms with Crippen molar-refractivity contribution < 1.29 is 59.2 Å². The van der Waals surface area contributed by atoms with E-state index in [2.05, 4.69) is 10.3 Å². The lowest BCUT2D eigenvalue weighted by atomic mass is 9.78. The van der Waals surface area contributed by atoms with Crippen molar-refractivity contribution in [1.29, 1.82) is 0 Å². The van der Waals surface area contributed by atoms with Gasteiger partial charge in [0, 0.05) is 67.3 Å². The molecular weight excluding hydrogens is 722 g/mol. The van der Waals surface area contributed by atoms with E-state index in [1.807, 2.05) is 0 Å². The van der Waals surface area contributed by atoms with Crippen LogP contribution in [0, 0.1) is 30.6 Å². The molecule has 2 aromatic carbocycles. The first kappa shape index (κ1) is 35.0. The van der Waals surface area contributed by atoms with Gasteiger partial charge >= 0.3 is 11.8 Å². The maximum absolute atomic E-state index is 14.6. The van der Waals surface area contributed by atoms with Gasteiger partial charge in [-0.15, -0.1) is 0 Å². The number of amides is 1. The number of nitrogens with one attached hydrogen (secondary N) is 1. The third-order valence-corrected chi connectivity index (χ3v) is 11.0. The van der Waals surface area contributed by atoms with Crippen molar-refractivity contribution in [2.75, 3.05) is 12.4 Å². The number of methoxy groups -OCH3 is 1. The van der Waals surface area contributed by atoms with Gasteiger partial charge in [0.2, 0.25) is 0 Å². The van der Waals surface area contributed by atoms with Gasteiger partial charge < -0.3 is 44.7 Å². The van der Waals surface area contributed by atoms with Crippen molar-refractivity contribution in [3.8, 4) is 17.2 Å². The largest absolute Gasteiger partial charge is 0.507 e. The Morgan fingerprint density at radius 3 is 2.41 bits per heavy atom. The number of aliphatic hydroxyl groups excluding tert-OH is 2. The number of carbonyl (C=O) groups excluding carboxylic acids is 3. The van der Waals surface area contributed by atoms with E-state index in [9.17, 15) is 34.8 Å². The number of rotatable bonds is 2. The van der Waals surface area contributed by atoms with Crippen LogP contribution in [0.25, 0.3) is 27.5 Å². The zero-order valence-electron chi connectivity index (χ0n) is 36.5. The number of aliphatic hydroxyl groups is 2. The summed E-state index contributed by atoms with van der Waals surface area (Å²) < 4.78 is 58.9. The zero-order valence-corrected chi connectivity index (χ0v) is 32.5. The number of phenols is 2. The normalized spacial score (nSPS) is 31.6. The van der Waals surface area contributed by atoms with Crippen LogP contribution in [0.15, 0.2) is 60.4 Å². The zero-order chi connectivity index (χ0) is 44.4. The molecule has 0 unspecified atom stereocenters. The summed E-state index contributed by atoms with van der Waals surface area (Å²) in [4.78, 5) is 45.4. The summed E-state index contributed by atoms with van der Waals surface area (Å²) in [6.07, 6.45) is 2.61. The predicted octanol–water partition coefficient (Wildman–Crippen LogP) is 5.85. The number of aromatic nitrogens is 2. The molecular formula is C42H49N3O11. The van der Waals surface area contributed by atoms with E-state index >= 15 is 0 Å². The molecule has 5 bridgehead atoms. The second-order valence-corrected chi connectivity index (χ2v) is 14.8. The van der Waals surface area contributed by atoms with Crippen molar-refractivity contribution >= 4 is 50.8 Å². The molecule has 4 aromatic rings. The van der Waals surface area contributed by atoms with E-state index in [4.69, 9.17) is 24.4 Å². The Hall–Kier alpha value is -5.44. The minimum Gasteiger partial charge on any atom is -0.507 e. The van der Waals surface area contributed by atoms with Crippen LogP contribution in [-0.4, -0.2) is 84.8 Å². The van der Waals surface area contributed by atoms with Gasteiger partial charge in [-0.3, -0.25) is 18.8 Å². The van der Waals surface area contributed by atoms with Crippen molar-refractivity contribution in [2.45, 2.75) is 85.6 Å². The number of esters is 1. The quantitative estimate of drug-likeness (QED) is 0.121. The average molecular weight is 776 g/mol. The van der Waals surface area contributed by atoms with Gasteiger partial charge in [-0.2, -0.15) is 0 Å². The number of phenolic OH excluding ortho intramolecular Hbond substituents is 2. The average Bonchev–Trinajstić information content (AvgIpc) is 3.73. The van der Waals surface area contributed by atoms with Gasteiger partial charge in [0.15, 0.2) is 5.75 Å². The molecule has 2 aromatic heterocycles. The van der Waals surface area contributed by atoms with Gasteiger partial charge in [-0.25, -0.2) is 4.98 Å². The third kappa shape index (κ3) is 6.75. The van der Waals surface area contributed by atoms with Crippen molar-refractivity contribution in [3.05, 3.63) is 71.6 Å². The predicted molar refractivity (Wildman–Crippen MR) is 208 cm³/mol. The number of anilines is 1. The van der Waals surface area contributed by atoms with Crippen molar-refractivity contribution in [2.24, 2.45) is 23.7 Å². The summed E-state index contributed by atoms with van der Waals surface area (Å²) in [5, 5.41) is 48.8. The summed E-state index contributed by atoms with van der Waals surface area (Å²) in [7, 11) is 1.41. The summed E-state index contributed by atoms with van der Waals surface area (Å²) in [5.74, 6) is -8.31. The van der Waals surface area contributed by atoms with Gasteiger partial charge in [-0.1, -0.05) is 52.0 Å². The fraction of sp³-hybridized carbons (Fsp3) is 0.429. The molecule has 3 aliphatic heterocycles. The maximum Gasteiger partial charge on any atom is 0.312 e. The first-order chi connectivity index (χ1) is 28.1. The number of hydrogen-bond donors (Lipinski definition) is 5. The highest BCUT2D eigenvalue weighted by molar-refractivity contribution is 6.28. The molecule has 0 saturated heterocycles. The third-order valence-electron chi connectivity index (χ3n) is 11.0. The molecule has 0 spiro atoms. The standard InChI is InChI=1S/C42H49N3O11/c1-19-13-12-14-20(2)41(52)44-32-33-31(43-27-15-10-11-17-45(27)33)28-29(37(32)50)36(49)24(6)39-30(28)40(51)42(8,56-39)54-18-16-26(53-9)21(3)38(55-25(7)46)23(5)35(48)22(4)34(19)47/h10-19,21-23,26,34-35,38,47-50H,1-9H3,(H,44,52)/b13-12?,18-16-,20-14-/t19-,21+,22+,23+,26-,34-,35+,38+,42-/m1/s1/i10D,11D,15D,17D. The van der Waals surface area contributed by atoms with Crippen LogP contribution in [0.1, 0.15) is 69.9 Å². The number of nitrogens with zero attached hydrogens (tertiary/aromatic N) is 2. The van der Waals surface area contributed by atoms with Crippen LogP contribution in [0.3, 0.4) is 0 Å². The smallest absolute Gasteiger partial charge is 0.312 e. The Kier molecular flexibility index (Phi) is 9.53. The van der Waals surface area contributed by atoms with E-state index in [0.29, 0.717) is 0 Å². The van der Waals surface area contributed by atoms with E-state index in [1.54, 1.807) is 33.8 Å². The van der Waals surface area contributed by atoms with Crippen LogP contribution in [0.2, 0.25) is 0 Å². The lowest BCUT2D eigenvalue weighted by molar-refractivity contribution is -0.160. The van der Waals surface area contributed by atoms with Gasteiger partial charge in [0.25, 0.3) is 11.7 Å². The summed E-state index contributed by atoms with van der Waals surface area (Å²) >= 11 is 0. The van der Waals surface area contributed by atoms with Crippen LogP contribution >= 0.6 is 0 Å². The number of ether oxygens (including phenoxy) is 4. The molecule has 0 fully saturated rings. The SMILES string of the molecule is [2H]c1c([2H])c([2H])n2c(nc3c4c5c6c(C)c(O)c4c(O)c(c32)NC(=O)/C(C)=C\C=C[C@@H](C)[C@@H](O)[C@H](C)[C@H](O)[C@H](C)[C@@H](OC(C)=O)[C@@H](C)[C@H](OC)/C=C\O[C@](C)(O6)C5=O)c1[2H]. The summed E-state index contributed by atoms with van der Waals surface area (Å²) in [5.41, 5.74) is -1.15. The Labute approximate surface area is 329 Å². The molecule has 56 heavy (non-hydrogen) atoms. The van der Waals surface area contributed by atoms with Crippen LogP contribution < -0.4 is 10.1 Å². The van der Waals surface area contributed by atoms with Crippen molar-refractivity contribution in [1.82, 2.24) is 9.38 Å². The fourth-order valence-electron chi connectivity index (χ4n) is 7.66. The number of fused-ring (bicyclic) bond motifs is 14. The molecule has 0 saturated carbocycles. The van der Waals surface area contributed by atoms with E-state index in [0.717, 1.165) is 4.40 Å². The number of aromatic hydroxyl groups is 2. The lowest BCUT2D eigenvalue weighted by Gasteiger charge is -2.38. The Balaban J connectivity index is 1.63. The minimum atomic E-state index is -2.10. The van der Waals surface area contributed by atoms with Crippen LogP contribution in [0.4, 0.5) is 5.69 Å². The fourth-order valence-corrected chi connectivity index (χ4v) is 7.66. The molecule has 9 atom stereocenters. The first-order valence-electron chi connectivity index (χ1n) is 20.2. The summed E-state index contributed by atoms with van der Waals surface area (Å²) in [6.45, 7) is 12.3. The summed E-state index contributed by atoms with van der Waals surface area (Å²) in [6, 6.07) is -1.81. The Bertz CT molecular complexity index is 2550. The van der Waals surface area contributed by atoms with Crippen molar-refractivity contribution in [3.63, 3.8) is 0 Å². The van der Waals surface area contributed by atoms with Gasteiger partial charge in [-0.05, 0) is 32.0 Å². The number of carbonyl (C=O) groups is 3. The topological polar surface area (TPSA) is 198 Å². The molecule has 5 N–H and O–H groups in total. The molecule has 5 heterocycles.